The number of nitrogens with zero attached hydrogens (tertiary/aromatic N) is 3. The average Bonchev–Trinajstić information content (AvgIpc) is 3.27. The van der Waals surface area contributed by atoms with E-state index in [1.807, 2.05) is 26.2 Å². The van der Waals surface area contributed by atoms with Crippen LogP contribution in [0.1, 0.15) is 50.6 Å². The first-order valence-corrected chi connectivity index (χ1v) is 14.0. The molecule has 4 aromatic rings. The Morgan fingerprint density at radius 3 is 2.39 bits per heavy atom. The summed E-state index contributed by atoms with van der Waals surface area (Å²) in [6, 6.07) is 6.46. The highest BCUT2D eigenvalue weighted by molar-refractivity contribution is 7.84. The van der Waals surface area contributed by atoms with Crippen LogP contribution in [0.4, 0.5) is 13.2 Å². The lowest BCUT2D eigenvalue weighted by atomic mass is 9.95. The number of aromatic nitrogens is 3. The van der Waals surface area contributed by atoms with Gasteiger partial charge in [0, 0.05) is 17.8 Å². The fraction of sp³-hybridized carbons (Fsp3) is 0.320. The summed E-state index contributed by atoms with van der Waals surface area (Å²) in [4.78, 5) is 13.0. The molecule has 13 heteroatoms. The van der Waals surface area contributed by atoms with E-state index < -0.39 is 33.6 Å². The Labute approximate surface area is 233 Å². The molecule has 0 aromatic carbocycles. The van der Waals surface area contributed by atoms with Gasteiger partial charge in [-0.15, -0.1) is 11.3 Å². The molecular weight excluding hydrogens is 580 g/mol. The van der Waals surface area contributed by atoms with E-state index in [1.165, 1.54) is 29.8 Å². The highest BCUT2D eigenvalue weighted by Gasteiger charge is 2.51. The van der Waals surface area contributed by atoms with E-state index >= 15 is 0 Å². The summed E-state index contributed by atoms with van der Waals surface area (Å²) >= 11 is 13.9. The Bertz CT molecular complexity index is 1520. The van der Waals surface area contributed by atoms with Crippen molar-refractivity contribution in [3.05, 3.63) is 75.1 Å². The predicted molar refractivity (Wildman–Crippen MR) is 146 cm³/mol. The number of pyridine rings is 3. The number of nitrogens with one attached hydrogen (secondary N) is 1. The first-order chi connectivity index (χ1) is 17.6. The molecule has 4 rings (SSSR count). The maximum atomic E-state index is 13.5. The molecule has 0 aliphatic heterocycles. The third-order valence-corrected chi connectivity index (χ3v) is 8.95. The zero-order valence-electron chi connectivity index (χ0n) is 20.6. The van der Waals surface area contributed by atoms with E-state index in [-0.39, 0.29) is 16.4 Å². The fourth-order valence-electron chi connectivity index (χ4n) is 3.60. The minimum Gasteiger partial charge on any atom is -0.376 e. The Balaban J connectivity index is 1.87. The molecular formula is C25H23Cl2F3N4O2S2. The van der Waals surface area contributed by atoms with Gasteiger partial charge in [0.25, 0.3) is 0 Å². The number of aliphatic hydroxyl groups is 1. The van der Waals surface area contributed by atoms with Crippen molar-refractivity contribution < 1.29 is 22.5 Å². The largest absolute Gasteiger partial charge is 0.421 e. The molecule has 2 unspecified atom stereocenters. The second kappa shape index (κ2) is 10.4. The van der Waals surface area contributed by atoms with Gasteiger partial charge in [-0.25, -0.2) is 13.9 Å². The maximum Gasteiger partial charge on any atom is 0.421 e. The van der Waals surface area contributed by atoms with Crippen LogP contribution in [0.5, 0.6) is 0 Å². The molecule has 2 N–H and O–H groups in total. The van der Waals surface area contributed by atoms with E-state index in [9.17, 15) is 22.5 Å². The second-order valence-electron chi connectivity index (χ2n) is 9.66. The van der Waals surface area contributed by atoms with Crippen LogP contribution in [0, 0.1) is 0 Å². The lowest BCUT2D eigenvalue weighted by Gasteiger charge is -2.26. The number of hydrogen-bond acceptors (Lipinski definition) is 6. The molecule has 4 aromatic heterocycles. The van der Waals surface area contributed by atoms with Gasteiger partial charge in [-0.1, -0.05) is 23.2 Å². The third kappa shape index (κ3) is 5.59. The van der Waals surface area contributed by atoms with Gasteiger partial charge >= 0.3 is 6.18 Å². The summed E-state index contributed by atoms with van der Waals surface area (Å²) in [5, 5.41) is 13.2. The summed E-state index contributed by atoms with van der Waals surface area (Å²) in [6.07, 6.45) is -2.17. The molecule has 6 nitrogen and oxygen atoms in total. The minimum atomic E-state index is -4.88. The average molecular weight is 604 g/mol. The van der Waals surface area contributed by atoms with E-state index in [0.29, 0.717) is 39.0 Å². The van der Waals surface area contributed by atoms with Crippen LogP contribution in [-0.4, -0.2) is 35.2 Å². The van der Waals surface area contributed by atoms with Crippen molar-refractivity contribution >= 4 is 55.6 Å². The van der Waals surface area contributed by atoms with Gasteiger partial charge in [0.15, 0.2) is 5.60 Å². The van der Waals surface area contributed by atoms with Crippen molar-refractivity contribution in [3.8, 4) is 11.4 Å². The van der Waals surface area contributed by atoms with E-state index in [4.69, 9.17) is 23.2 Å². The zero-order valence-corrected chi connectivity index (χ0v) is 23.7. The molecule has 0 saturated carbocycles. The van der Waals surface area contributed by atoms with E-state index in [0.717, 1.165) is 6.07 Å². The molecule has 0 radical (unpaired) electrons. The SMILES string of the molecule is CC(C)(C)S(=O)NC(c1nc(Cl)ccc1Cl)c1csc2c(-c3cc([C@](C)(O)C(F)(F)F)ccn3)nccc12. The molecule has 0 spiro atoms. The zero-order chi connectivity index (χ0) is 28.0. The second-order valence-corrected chi connectivity index (χ2v) is 13.3. The summed E-state index contributed by atoms with van der Waals surface area (Å²) in [7, 11) is -1.52. The van der Waals surface area contributed by atoms with Crippen LogP contribution in [-0.2, 0) is 16.6 Å². The Kier molecular flexibility index (Phi) is 7.92. The Morgan fingerprint density at radius 2 is 1.74 bits per heavy atom. The van der Waals surface area contributed by atoms with Crippen molar-refractivity contribution in [2.45, 2.75) is 50.3 Å². The summed E-state index contributed by atoms with van der Waals surface area (Å²) in [5.41, 5.74) is -1.88. The van der Waals surface area contributed by atoms with Crippen LogP contribution in [0.15, 0.2) is 48.1 Å². The van der Waals surface area contributed by atoms with Gasteiger partial charge in [0.1, 0.15) is 10.8 Å². The normalized spacial score (nSPS) is 15.8. The van der Waals surface area contributed by atoms with Gasteiger partial charge in [-0.3, -0.25) is 9.97 Å². The summed E-state index contributed by atoms with van der Waals surface area (Å²) < 4.78 is 56.7. The van der Waals surface area contributed by atoms with Gasteiger partial charge in [0.2, 0.25) is 0 Å². The molecule has 3 atom stereocenters. The molecule has 0 fully saturated rings. The number of halogens is 5. The molecule has 0 aliphatic rings. The molecule has 202 valence electrons. The van der Waals surface area contributed by atoms with Gasteiger partial charge < -0.3 is 5.11 Å². The number of rotatable bonds is 6. The van der Waals surface area contributed by atoms with Crippen LogP contribution in [0.3, 0.4) is 0 Å². The quantitative estimate of drug-likeness (QED) is 0.233. The predicted octanol–water partition coefficient (Wildman–Crippen LogP) is 6.97. The van der Waals surface area contributed by atoms with Crippen LogP contribution < -0.4 is 4.72 Å². The summed E-state index contributed by atoms with van der Waals surface area (Å²) in [6.45, 7) is 6.16. The standard InChI is InChI=1S/C25H23Cl2F3N4O2S2/c1-23(2,3)38(36)34-19(20-16(26)5-6-18(27)33-20)15-12-37-22-14(15)8-10-32-21(22)17-11-13(7-9-31-17)24(4,35)25(28,29)30/h5-12,19,34-35H,1-4H3/t19?,24-,38?/m0/s1. The smallest absolute Gasteiger partial charge is 0.376 e. The first kappa shape index (κ1) is 28.8. The molecule has 0 saturated heterocycles. The van der Waals surface area contributed by atoms with Crippen molar-refractivity contribution in [3.63, 3.8) is 0 Å². The van der Waals surface area contributed by atoms with Crippen molar-refractivity contribution in [2.75, 3.05) is 0 Å². The number of hydrogen-bond donors (Lipinski definition) is 2. The van der Waals surface area contributed by atoms with Crippen LogP contribution in [0.2, 0.25) is 10.2 Å². The van der Waals surface area contributed by atoms with Crippen LogP contribution >= 0.6 is 34.5 Å². The fourth-order valence-corrected chi connectivity index (χ4v) is 5.86. The van der Waals surface area contributed by atoms with Crippen molar-refractivity contribution in [2.24, 2.45) is 0 Å². The lowest BCUT2D eigenvalue weighted by molar-refractivity contribution is -0.258. The number of fused-ring (bicyclic) bond motifs is 1. The van der Waals surface area contributed by atoms with Gasteiger partial charge in [-0.2, -0.15) is 13.2 Å². The van der Waals surface area contributed by atoms with Crippen molar-refractivity contribution in [1.29, 1.82) is 0 Å². The third-order valence-electron chi connectivity index (χ3n) is 5.84. The maximum absolute atomic E-state index is 13.5. The lowest BCUT2D eigenvalue weighted by Crippen LogP contribution is -2.39. The summed E-state index contributed by atoms with van der Waals surface area (Å²) in [5.74, 6) is 0. The Hall–Kier alpha value is -2.15. The molecule has 0 aliphatic carbocycles. The molecule has 38 heavy (non-hydrogen) atoms. The van der Waals surface area contributed by atoms with Gasteiger partial charge in [-0.05, 0) is 74.5 Å². The first-order valence-electron chi connectivity index (χ1n) is 11.2. The van der Waals surface area contributed by atoms with Crippen LogP contribution in [0.25, 0.3) is 21.5 Å². The van der Waals surface area contributed by atoms with Crippen molar-refractivity contribution in [1.82, 2.24) is 19.7 Å². The highest BCUT2D eigenvalue weighted by Crippen LogP contribution is 2.42. The molecule has 0 amide bonds. The number of thiophene rings is 1. The molecule has 0 bridgehead atoms. The molecule has 4 heterocycles. The van der Waals surface area contributed by atoms with E-state index in [1.54, 1.807) is 18.2 Å². The number of alkyl halides is 3. The van der Waals surface area contributed by atoms with E-state index in [2.05, 4.69) is 19.7 Å². The monoisotopic (exact) mass is 602 g/mol. The van der Waals surface area contributed by atoms with Gasteiger partial charge in [0.05, 0.1) is 42.9 Å². The minimum absolute atomic E-state index is 0.160. The highest BCUT2D eigenvalue weighted by atomic mass is 35.5. The topological polar surface area (TPSA) is 88.0 Å². The Morgan fingerprint density at radius 1 is 1.05 bits per heavy atom.